The van der Waals surface area contributed by atoms with Crippen molar-refractivity contribution in [3.05, 3.63) is 431 Å². The Morgan fingerprint density at radius 2 is 0.698 bits per heavy atom. The van der Waals surface area contributed by atoms with E-state index in [4.69, 9.17) is 52.6 Å². The lowest BCUT2D eigenvalue weighted by Gasteiger charge is -2.16. The number of aryl methyl sites for hydroxylation is 2. The molecule has 38 nitrogen and oxygen atoms in total. The van der Waals surface area contributed by atoms with Crippen molar-refractivity contribution in [2.24, 2.45) is 23.1 Å². The molecule has 0 aliphatic carbocycles. The lowest BCUT2D eigenvalue weighted by molar-refractivity contribution is 0.0678. The van der Waals surface area contributed by atoms with Gasteiger partial charge >= 0.3 is 23.9 Å². The molecule has 18 rings (SSSR count). The first-order valence-electron chi connectivity index (χ1n) is 47.0. The number of aromatic carboxylic acids is 4. The van der Waals surface area contributed by atoms with Crippen LogP contribution in [0.3, 0.4) is 0 Å². The summed E-state index contributed by atoms with van der Waals surface area (Å²) in [7, 11) is -8.76. The minimum Gasteiger partial charge on any atom is -0.477 e. The first kappa shape index (κ1) is 110. The molecule has 0 saturated heterocycles. The van der Waals surface area contributed by atoms with Crippen molar-refractivity contribution in [2.45, 2.75) is 102 Å². The quantitative estimate of drug-likeness (QED) is 0.0134. The van der Waals surface area contributed by atoms with E-state index in [2.05, 4.69) is 169 Å². The fraction of sp³-hybridized carbons (Fsp3) is 0.183. The third-order valence-corrected chi connectivity index (χ3v) is 25.3. The number of ketones is 1. The second kappa shape index (κ2) is 54.3. The standard InChI is InChI=1S/C25H28N4.C21H16N4.C17H13N3O2.C15H12N4O4S2.C14H12N2O3.C11H12N4O4.C6H18N4/c1-16(2)20-7-5-9-22(28-20)24-13-11-18(26-24)15-19-12-14-25(27-19)23-10-6-8-21(29-23)17(3)4;1-4-13-22-16(8-1)17-11-7-12-20(25-17)21(18-9-2-5-14-23-18)19-10-3-6-15-24-19;21-17(22)16-9-4-6-13(20-16)11-12-5-3-8-15(19-12)14-7-1-2-10-18-14;20-24(21,14-8-2-4-11-17-14)19-25(22,23)15-9-5-7-13(18-15)12-6-1-3-10-16-12;1-9(17)12-6-2-4-10(15-12)8-11-5-3-7-13(16-11)14(18)19;1-6-3-8(10(16)17)12-14(6)5-15-7(2)4-9(13-15)11(18)19;7-1-2-10-5-6(3-8)4-9/h5-14,16-17,26-27H,15H2,1-4H3;1-15,21H;1-10H,11H2,(H,21,22);1-11,19H;2-7H,8H2,1H3,(H,18,19);3-4H,5H2,1-2H3,(H,16,17)(H,18,19);6,10H,1-5,7-9H2. The van der Waals surface area contributed by atoms with Crippen molar-refractivity contribution < 1.29 is 61.2 Å². The molecule has 0 spiro atoms. The maximum Gasteiger partial charge on any atom is 0.356 e. The number of hydrogen-bond donors (Lipinski definition) is 11. The van der Waals surface area contributed by atoms with Crippen LogP contribution in [0.2, 0.25) is 0 Å². The second-order valence-corrected chi connectivity index (χ2v) is 37.3. The Labute approximate surface area is 860 Å². The zero-order chi connectivity index (χ0) is 106. The van der Waals surface area contributed by atoms with Gasteiger partial charge in [-0.05, 0) is 251 Å². The molecule has 18 aromatic rings. The summed E-state index contributed by atoms with van der Waals surface area (Å²) in [5.74, 6) is -3.29. The molecule has 14 N–H and O–H groups in total. The molecule has 0 unspecified atom stereocenters. The zero-order valence-electron chi connectivity index (χ0n) is 82.4. The lowest BCUT2D eigenvalue weighted by atomic mass is 9.95. The van der Waals surface area contributed by atoms with Crippen molar-refractivity contribution in [2.75, 3.05) is 32.7 Å². The number of nitrogens with zero attached hydrogens (tertiary/aromatic N) is 18. The highest BCUT2D eigenvalue weighted by Gasteiger charge is 2.28. The Kier molecular flexibility index (Phi) is 40.1. The Morgan fingerprint density at radius 1 is 0.349 bits per heavy atom. The number of carbonyl (C=O) groups is 5. The Bertz CT molecular complexity index is 7470. The molecular weight excluding hydrogens is 1930 g/mol. The highest BCUT2D eigenvalue weighted by Crippen LogP contribution is 2.31. The Hall–Kier alpha value is -17.7. The largest absolute Gasteiger partial charge is 0.477 e. The van der Waals surface area contributed by atoms with E-state index in [1.807, 2.05) is 109 Å². The monoisotopic (exact) mass is 2040 g/mol. The number of H-pyrrole nitrogens is 2. The molecule has 18 aromatic heterocycles. The maximum absolute atomic E-state index is 12.4. The van der Waals surface area contributed by atoms with Crippen LogP contribution in [0, 0.1) is 19.8 Å². The molecule has 0 amide bonds. The van der Waals surface area contributed by atoms with E-state index in [1.165, 1.54) is 77.1 Å². The Balaban J connectivity index is 0.000000157. The van der Waals surface area contributed by atoms with E-state index in [9.17, 15) is 40.8 Å². The SMILES string of the molecule is CC(=O)c1cccc(Cc2cccc(C(=O)O)n2)n1.CC(C)c1cccc(-c2ccc(Cc3ccc(-c4cccc(C(C)C)n4)[nH]3)[nH]2)n1.Cc1cc(C(=O)O)nn1Cn1nc(C(=O)O)cc1C.NCCNCC(CN)CN.O=C(O)c1cccc(Cc2cccc(-c3ccccn3)n2)n1.O=S(=O)(NS(=O)(=O)c1cccc(-c2ccccn2)n1)c1ccccn1.c1ccc(-c2cccc(C(c3ccccn3)c3ccccn3)n2)nc1. The van der Waals surface area contributed by atoms with Crippen molar-refractivity contribution >= 4 is 49.7 Å². The fourth-order valence-corrected chi connectivity index (χ4v) is 17.1. The summed E-state index contributed by atoms with van der Waals surface area (Å²) in [6.45, 7) is 17.4. The summed E-state index contributed by atoms with van der Waals surface area (Å²) >= 11 is 0. The van der Waals surface area contributed by atoms with Gasteiger partial charge in [-0.3, -0.25) is 49.7 Å². The van der Waals surface area contributed by atoms with E-state index in [0.29, 0.717) is 95.8 Å². The molecule has 0 saturated carbocycles. The van der Waals surface area contributed by atoms with E-state index >= 15 is 0 Å². The topological polar surface area (TPSA) is 584 Å². The number of aromatic nitrogens is 20. The molecule has 0 fully saturated rings. The van der Waals surface area contributed by atoms with Crippen LogP contribution in [0.25, 0.3) is 56.9 Å². The number of sulfonamides is 2. The van der Waals surface area contributed by atoms with Gasteiger partial charge in [0.2, 0.25) is 0 Å². The predicted octanol–water partition coefficient (Wildman–Crippen LogP) is 15.1. The van der Waals surface area contributed by atoms with Gasteiger partial charge in [-0.1, -0.05) is 117 Å². The van der Waals surface area contributed by atoms with Crippen LogP contribution in [0.15, 0.2) is 338 Å². The summed E-state index contributed by atoms with van der Waals surface area (Å²) in [4.78, 5) is 122. The number of aromatic amines is 2. The third-order valence-electron chi connectivity index (χ3n) is 21.9. The molecule has 0 aliphatic rings. The van der Waals surface area contributed by atoms with Gasteiger partial charge in [-0.25, -0.2) is 70.3 Å². The van der Waals surface area contributed by atoms with Crippen molar-refractivity contribution in [3.8, 4) is 56.9 Å². The molecule has 149 heavy (non-hydrogen) atoms. The van der Waals surface area contributed by atoms with Gasteiger partial charge in [-0.15, -0.1) is 0 Å². The zero-order valence-corrected chi connectivity index (χ0v) is 84.0. The molecule has 18 heterocycles. The smallest absolute Gasteiger partial charge is 0.356 e. The Morgan fingerprint density at radius 3 is 1.09 bits per heavy atom. The highest BCUT2D eigenvalue weighted by atomic mass is 32.3. The van der Waals surface area contributed by atoms with Gasteiger partial charge < -0.3 is 52.9 Å². The summed E-state index contributed by atoms with van der Waals surface area (Å²) in [6, 6.07) is 87.2. The van der Waals surface area contributed by atoms with Gasteiger partial charge in [0.15, 0.2) is 27.2 Å². The van der Waals surface area contributed by atoms with Crippen LogP contribution in [0.1, 0.15) is 179 Å². The predicted molar refractivity (Wildman–Crippen MR) is 562 cm³/mol. The normalized spacial score (nSPS) is 11.0. The first-order chi connectivity index (χ1) is 71.8. The maximum atomic E-state index is 12.4. The number of nitrogens with two attached hydrogens (primary N) is 3. The number of carboxylic acids is 4. The molecule has 0 atom stereocenters. The summed E-state index contributed by atoms with van der Waals surface area (Å²) in [5, 5.41) is 45.7. The summed E-state index contributed by atoms with van der Waals surface area (Å²) in [5.41, 5.74) is 36.0. The van der Waals surface area contributed by atoms with Crippen LogP contribution < -0.4 is 26.6 Å². The minimum absolute atomic E-state index is 0.000206. The van der Waals surface area contributed by atoms with Crippen LogP contribution in [0.5, 0.6) is 0 Å². The molecule has 0 bridgehead atoms. The summed E-state index contributed by atoms with van der Waals surface area (Å²) in [6.07, 6.45) is 11.6. The number of carboxylic acid groups (broad SMARTS) is 4. The van der Waals surface area contributed by atoms with Crippen LogP contribution >= 0.6 is 0 Å². The van der Waals surface area contributed by atoms with Crippen molar-refractivity contribution in [1.29, 1.82) is 0 Å². The molecule has 0 aliphatic heterocycles. The molecule has 0 radical (unpaired) electrons. The minimum atomic E-state index is -4.41. The number of nitrogens with one attached hydrogen (secondary N) is 4. The average Bonchev–Trinajstić information content (AvgIpc) is 1.77. The van der Waals surface area contributed by atoms with Crippen LogP contribution in [-0.4, -0.2) is 199 Å². The van der Waals surface area contributed by atoms with Crippen LogP contribution in [-0.2, 0) is 46.0 Å². The number of carbonyl (C=O) groups excluding carboxylic acids is 1. The average molecular weight is 2040 g/mol. The number of hydrogen-bond acceptors (Lipinski definition) is 29. The molecule has 762 valence electrons. The number of Topliss-reactive ketones (excluding diaryl/α,β-unsaturated/α-hetero) is 1. The highest BCUT2D eigenvalue weighted by molar-refractivity contribution is 8.04. The van der Waals surface area contributed by atoms with Crippen molar-refractivity contribution in [3.63, 3.8) is 0 Å². The van der Waals surface area contributed by atoms with Gasteiger partial charge in [-0.2, -0.15) is 10.2 Å². The summed E-state index contributed by atoms with van der Waals surface area (Å²) < 4.78 is 53.7. The molecule has 0 aromatic carbocycles. The van der Waals surface area contributed by atoms with Gasteiger partial charge in [0.25, 0.3) is 20.0 Å². The number of pyridine rings is 14. The van der Waals surface area contributed by atoms with E-state index in [1.54, 1.807) is 116 Å². The third kappa shape index (κ3) is 32.9. The molecular formula is C109H111N25O13S2. The first-order valence-corrected chi connectivity index (χ1v) is 50.0. The van der Waals surface area contributed by atoms with E-state index < -0.39 is 54.0 Å². The lowest BCUT2D eigenvalue weighted by Crippen LogP contribution is -2.35. The van der Waals surface area contributed by atoms with Gasteiger partial charge in [0.1, 0.15) is 23.8 Å². The second-order valence-electron chi connectivity index (χ2n) is 33.8. The number of rotatable bonds is 33. The molecule has 40 heteroatoms. The van der Waals surface area contributed by atoms with Gasteiger partial charge in [0, 0.05) is 140 Å². The van der Waals surface area contributed by atoms with E-state index in [-0.39, 0.29) is 41.1 Å². The fourth-order valence-electron chi connectivity index (χ4n) is 14.3. The van der Waals surface area contributed by atoms with E-state index in [0.717, 1.165) is 111 Å². The van der Waals surface area contributed by atoms with Gasteiger partial charge in [0.05, 0.1) is 79.9 Å². The van der Waals surface area contributed by atoms with Crippen LogP contribution in [0.4, 0.5) is 0 Å². The van der Waals surface area contributed by atoms with Crippen molar-refractivity contribution in [1.82, 2.24) is 109 Å².